The molecule has 31 heavy (non-hydrogen) atoms. The average molecular weight is 519 g/mol. The Balaban J connectivity index is 1.51. The van der Waals surface area contributed by atoms with Gasteiger partial charge >= 0.3 is 0 Å². The van der Waals surface area contributed by atoms with E-state index in [1.165, 1.54) is 27.8 Å². The van der Waals surface area contributed by atoms with Crippen LogP contribution in [0.5, 0.6) is 0 Å². The second-order valence-electron chi connectivity index (χ2n) is 7.23. The highest BCUT2D eigenvalue weighted by Gasteiger charge is 2.32. The van der Waals surface area contributed by atoms with E-state index >= 15 is 0 Å². The summed E-state index contributed by atoms with van der Waals surface area (Å²) in [5.41, 5.74) is 0.731. The number of fused-ring (bicyclic) bond motifs is 1. The van der Waals surface area contributed by atoms with Crippen LogP contribution in [0.25, 0.3) is 10.2 Å². The SMILES string of the molecule is Cn1c(=NC(=O)C2CCN(S(=O)(=O)c3ccc(Cl)cc3)CC2)sc2ccc(Cl)c(Cl)c21. The molecule has 2 heterocycles. The van der Waals surface area contributed by atoms with Crippen LogP contribution < -0.4 is 4.80 Å². The Morgan fingerprint density at radius 3 is 2.35 bits per heavy atom. The predicted octanol–water partition coefficient (Wildman–Crippen LogP) is 4.73. The smallest absolute Gasteiger partial charge is 0.251 e. The van der Waals surface area contributed by atoms with Crippen molar-refractivity contribution in [2.24, 2.45) is 18.0 Å². The van der Waals surface area contributed by atoms with Crippen LogP contribution in [0, 0.1) is 5.92 Å². The number of piperidine rings is 1. The Labute approximate surface area is 198 Å². The summed E-state index contributed by atoms with van der Waals surface area (Å²) in [6.07, 6.45) is 0.826. The minimum absolute atomic E-state index is 0.194. The van der Waals surface area contributed by atoms with Crippen molar-refractivity contribution in [3.63, 3.8) is 0 Å². The zero-order valence-electron chi connectivity index (χ0n) is 16.4. The van der Waals surface area contributed by atoms with Crippen molar-refractivity contribution >= 4 is 72.3 Å². The van der Waals surface area contributed by atoms with E-state index in [0.717, 1.165) is 10.2 Å². The number of hydrogen-bond acceptors (Lipinski definition) is 4. The van der Waals surface area contributed by atoms with Gasteiger partial charge in [0.1, 0.15) is 0 Å². The van der Waals surface area contributed by atoms with Crippen LogP contribution in [0.4, 0.5) is 0 Å². The van der Waals surface area contributed by atoms with Gasteiger partial charge in [0.05, 0.1) is 25.2 Å². The maximum absolute atomic E-state index is 12.8. The van der Waals surface area contributed by atoms with Crippen molar-refractivity contribution in [1.82, 2.24) is 8.87 Å². The van der Waals surface area contributed by atoms with Gasteiger partial charge in [-0.1, -0.05) is 46.1 Å². The first kappa shape index (κ1) is 22.8. The van der Waals surface area contributed by atoms with E-state index < -0.39 is 10.0 Å². The van der Waals surface area contributed by atoms with Gasteiger partial charge in [0, 0.05) is 31.1 Å². The molecule has 1 aliphatic rings. The number of carbonyl (C=O) groups excluding carboxylic acids is 1. The highest BCUT2D eigenvalue weighted by molar-refractivity contribution is 7.89. The van der Waals surface area contributed by atoms with Crippen LogP contribution in [0.2, 0.25) is 15.1 Å². The summed E-state index contributed by atoms with van der Waals surface area (Å²) in [6, 6.07) is 9.64. The van der Waals surface area contributed by atoms with Gasteiger partial charge in [0.2, 0.25) is 10.0 Å². The Morgan fingerprint density at radius 1 is 1.06 bits per heavy atom. The molecule has 1 aromatic heterocycles. The fraction of sp³-hybridized carbons (Fsp3) is 0.300. The highest BCUT2D eigenvalue weighted by atomic mass is 35.5. The lowest BCUT2D eigenvalue weighted by Gasteiger charge is -2.29. The summed E-state index contributed by atoms with van der Waals surface area (Å²) >= 11 is 19.6. The maximum atomic E-state index is 12.8. The number of halogens is 3. The van der Waals surface area contributed by atoms with Gasteiger partial charge in [0.25, 0.3) is 5.91 Å². The van der Waals surface area contributed by atoms with Gasteiger partial charge in [-0.3, -0.25) is 4.79 Å². The standard InChI is InChI=1S/C20H18Cl3N3O3S2/c1-25-18-16(7-6-15(22)17(18)23)30-20(25)24-19(27)12-8-10-26(11-9-12)31(28,29)14-4-2-13(21)3-5-14/h2-7,12H,8-11H2,1H3. The number of nitrogens with zero attached hydrogens (tertiary/aromatic N) is 3. The molecule has 0 bridgehead atoms. The van der Waals surface area contributed by atoms with Gasteiger partial charge in [-0.05, 0) is 49.2 Å². The van der Waals surface area contributed by atoms with Crippen LogP contribution in [-0.4, -0.2) is 36.3 Å². The van der Waals surface area contributed by atoms with Crippen LogP contribution in [0.15, 0.2) is 46.3 Å². The van der Waals surface area contributed by atoms with Gasteiger partial charge in [-0.15, -0.1) is 0 Å². The Hall–Kier alpha value is -1.42. The molecule has 1 saturated heterocycles. The molecule has 0 unspecified atom stereocenters. The lowest BCUT2D eigenvalue weighted by molar-refractivity contribution is -0.122. The number of aromatic nitrogens is 1. The molecule has 3 aromatic rings. The number of amides is 1. The van der Waals surface area contributed by atoms with Crippen LogP contribution in [0.1, 0.15) is 12.8 Å². The third-order valence-electron chi connectivity index (χ3n) is 5.32. The predicted molar refractivity (Wildman–Crippen MR) is 124 cm³/mol. The second-order valence-corrected chi connectivity index (χ2v) is 11.4. The molecule has 2 aromatic carbocycles. The van der Waals surface area contributed by atoms with E-state index in [9.17, 15) is 13.2 Å². The number of thiazole rings is 1. The summed E-state index contributed by atoms with van der Waals surface area (Å²) < 4.78 is 29.7. The van der Waals surface area contributed by atoms with Gasteiger partial charge in [-0.2, -0.15) is 9.30 Å². The van der Waals surface area contributed by atoms with Crippen LogP contribution in [0.3, 0.4) is 0 Å². The molecule has 0 N–H and O–H groups in total. The first-order valence-electron chi connectivity index (χ1n) is 9.46. The van der Waals surface area contributed by atoms with Gasteiger partial charge in [0.15, 0.2) is 4.80 Å². The monoisotopic (exact) mass is 517 g/mol. The van der Waals surface area contributed by atoms with E-state index in [0.29, 0.717) is 32.7 Å². The molecule has 6 nitrogen and oxygen atoms in total. The Kier molecular flexibility index (Phi) is 6.49. The number of sulfonamides is 1. The third-order valence-corrected chi connectivity index (χ3v) is 9.37. The highest BCUT2D eigenvalue weighted by Crippen LogP contribution is 2.31. The van der Waals surface area contributed by atoms with Crippen molar-refractivity contribution < 1.29 is 13.2 Å². The zero-order valence-corrected chi connectivity index (χ0v) is 20.3. The summed E-state index contributed by atoms with van der Waals surface area (Å²) in [6.45, 7) is 0.522. The minimum atomic E-state index is -3.62. The third kappa shape index (κ3) is 4.42. The van der Waals surface area contributed by atoms with Crippen molar-refractivity contribution in [2.75, 3.05) is 13.1 Å². The summed E-state index contributed by atoms with van der Waals surface area (Å²) in [5.74, 6) is -0.589. The molecule has 0 spiro atoms. The number of rotatable bonds is 3. The van der Waals surface area contributed by atoms with E-state index in [1.807, 2.05) is 6.07 Å². The molecule has 1 fully saturated rings. The van der Waals surface area contributed by atoms with E-state index in [2.05, 4.69) is 4.99 Å². The molecular formula is C20H18Cl3N3O3S2. The number of hydrogen-bond donors (Lipinski definition) is 0. The fourth-order valence-corrected chi connectivity index (χ4v) is 6.69. The van der Waals surface area contributed by atoms with Crippen molar-refractivity contribution in [2.45, 2.75) is 17.7 Å². The summed E-state index contributed by atoms with van der Waals surface area (Å²) in [4.78, 5) is 17.8. The normalized spacial score (nSPS) is 16.8. The van der Waals surface area contributed by atoms with Crippen LogP contribution >= 0.6 is 46.1 Å². The Morgan fingerprint density at radius 2 is 1.71 bits per heavy atom. The number of benzene rings is 2. The molecular weight excluding hydrogens is 501 g/mol. The first-order chi connectivity index (χ1) is 14.7. The molecule has 0 atom stereocenters. The van der Waals surface area contributed by atoms with E-state index in [4.69, 9.17) is 34.8 Å². The molecule has 4 rings (SSSR count). The number of aryl methyl sites for hydroxylation is 1. The molecule has 11 heteroatoms. The van der Waals surface area contributed by atoms with E-state index in [1.54, 1.807) is 29.8 Å². The summed E-state index contributed by atoms with van der Waals surface area (Å²) in [5, 5.41) is 1.34. The van der Waals surface area contributed by atoms with Crippen molar-refractivity contribution in [3.05, 3.63) is 56.3 Å². The van der Waals surface area contributed by atoms with E-state index in [-0.39, 0.29) is 29.8 Å². The molecule has 0 aliphatic carbocycles. The first-order valence-corrected chi connectivity index (χ1v) is 12.9. The largest absolute Gasteiger partial charge is 0.318 e. The quantitative estimate of drug-likeness (QED) is 0.503. The van der Waals surface area contributed by atoms with Crippen LogP contribution in [-0.2, 0) is 21.9 Å². The molecule has 0 radical (unpaired) electrons. The molecule has 1 amide bonds. The Bertz CT molecular complexity index is 1320. The van der Waals surface area contributed by atoms with Crippen molar-refractivity contribution in [3.8, 4) is 0 Å². The lowest BCUT2D eigenvalue weighted by Crippen LogP contribution is -2.40. The molecule has 164 valence electrons. The lowest BCUT2D eigenvalue weighted by atomic mass is 9.98. The van der Waals surface area contributed by atoms with Gasteiger partial charge < -0.3 is 4.57 Å². The topological polar surface area (TPSA) is 71.7 Å². The maximum Gasteiger partial charge on any atom is 0.251 e. The second kappa shape index (κ2) is 8.84. The minimum Gasteiger partial charge on any atom is -0.318 e. The number of carbonyl (C=O) groups is 1. The fourth-order valence-electron chi connectivity index (χ4n) is 3.56. The summed E-state index contributed by atoms with van der Waals surface area (Å²) in [7, 11) is -1.83. The zero-order chi connectivity index (χ0) is 22.3. The molecule has 0 saturated carbocycles. The molecule has 1 aliphatic heterocycles. The average Bonchev–Trinajstić information content (AvgIpc) is 3.07. The van der Waals surface area contributed by atoms with Gasteiger partial charge in [-0.25, -0.2) is 8.42 Å². The van der Waals surface area contributed by atoms with Crippen molar-refractivity contribution in [1.29, 1.82) is 0 Å².